The smallest absolute Gasteiger partial charge is 0.00793 e. The van der Waals surface area contributed by atoms with Gasteiger partial charge in [0.25, 0.3) is 0 Å². The highest BCUT2D eigenvalue weighted by atomic mass is 15.0. The van der Waals surface area contributed by atoms with Gasteiger partial charge in [-0.1, -0.05) is 19.8 Å². The van der Waals surface area contributed by atoms with Crippen LogP contribution in [0.25, 0.3) is 0 Å². The molecule has 2 rings (SSSR count). The maximum absolute atomic E-state index is 3.59. The van der Waals surface area contributed by atoms with Crippen molar-refractivity contribution in [2.75, 3.05) is 19.6 Å². The van der Waals surface area contributed by atoms with Crippen molar-refractivity contribution in [2.24, 2.45) is 5.41 Å². The van der Waals surface area contributed by atoms with Gasteiger partial charge in [-0.15, -0.1) is 0 Å². The van der Waals surface area contributed by atoms with Crippen molar-refractivity contribution in [2.45, 2.75) is 51.5 Å². The van der Waals surface area contributed by atoms with Crippen LogP contribution < -0.4 is 10.6 Å². The van der Waals surface area contributed by atoms with Gasteiger partial charge in [0.2, 0.25) is 0 Å². The maximum Gasteiger partial charge on any atom is 0.00793 e. The van der Waals surface area contributed by atoms with Crippen molar-refractivity contribution < 1.29 is 0 Å². The molecule has 0 amide bonds. The molecule has 2 fully saturated rings. The summed E-state index contributed by atoms with van der Waals surface area (Å²) in [5.41, 5.74) is 0.611. The average Bonchev–Trinajstić information content (AvgIpc) is 2.89. The van der Waals surface area contributed by atoms with Gasteiger partial charge in [-0.3, -0.25) is 0 Å². The van der Waals surface area contributed by atoms with E-state index < -0.39 is 0 Å². The highest BCUT2D eigenvalue weighted by Crippen LogP contribution is 2.36. The van der Waals surface area contributed by atoms with E-state index in [0.29, 0.717) is 5.41 Å². The van der Waals surface area contributed by atoms with E-state index in [1.807, 2.05) is 0 Å². The normalized spacial score (nSPS) is 25.5. The van der Waals surface area contributed by atoms with Crippen LogP contribution in [-0.4, -0.2) is 25.7 Å². The Labute approximate surface area is 87.8 Å². The van der Waals surface area contributed by atoms with E-state index in [1.165, 1.54) is 45.1 Å². The molecule has 0 aromatic carbocycles. The Morgan fingerprint density at radius 3 is 2.50 bits per heavy atom. The molecule has 0 atom stereocenters. The molecule has 0 unspecified atom stereocenters. The number of hydrogen-bond acceptors (Lipinski definition) is 2. The van der Waals surface area contributed by atoms with E-state index in [1.54, 1.807) is 0 Å². The van der Waals surface area contributed by atoms with Gasteiger partial charge < -0.3 is 10.6 Å². The highest BCUT2D eigenvalue weighted by molar-refractivity contribution is 4.83. The number of nitrogens with one attached hydrogen (secondary N) is 2. The summed E-state index contributed by atoms with van der Waals surface area (Å²) < 4.78 is 0. The first kappa shape index (κ1) is 10.4. The first-order chi connectivity index (χ1) is 6.79. The third kappa shape index (κ3) is 3.25. The van der Waals surface area contributed by atoms with Gasteiger partial charge >= 0.3 is 0 Å². The van der Waals surface area contributed by atoms with Crippen LogP contribution in [0.4, 0.5) is 0 Å². The second-order valence-electron chi connectivity index (χ2n) is 5.42. The summed E-state index contributed by atoms with van der Waals surface area (Å²) in [6.07, 6.45) is 8.54. The fourth-order valence-corrected chi connectivity index (χ4v) is 2.45. The largest absolute Gasteiger partial charge is 0.315 e. The highest BCUT2D eigenvalue weighted by Gasteiger charge is 2.27. The molecule has 2 heteroatoms. The average molecular weight is 196 g/mol. The quantitative estimate of drug-likeness (QED) is 0.634. The van der Waals surface area contributed by atoms with E-state index in [0.717, 1.165) is 19.1 Å². The molecule has 2 aliphatic carbocycles. The number of hydrogen-bond donors (Lipinski definition) is 2. The van der Waals surface area contributed by atoms with Crippen LogP contribution in [0.5, 0.6) is 0 Å². The lowest BCUT2D eigenvalue weighted by Crippen LogP contribution is -2.35. The lowest BCUT2D eigenvalue weighted by molar-refractivity contribution is 0.315. The van der Waals surface area contributed by atoms with Gasteiger partial charge in [-0.2, -0.15) is 0 Å². The summed E-state index contributed by atoms with van der Waals surface area (Å²) in [7, 11) is 0. The van der Waals surface area contributed by atoms with Crippen LogP contribution in [0.3, 0.4) is 0 Å². The summed E-state index contributed by atoms with van der Waals surface area (Å²) in [4.78, 5) is 0. The monoisotopic (exact) mass is 196 g/mol. The molecular formula is C12H24N2. The fourth-order valence-electron chi connectivity index (χ4n) is 2.45. The van der Waals surface area contributed by atoms with Gasteiger partial charge in [0.15, 0.2) is 0 Å². The predicted octanol–water partition coefficient (Wildman–Crippen LogP) is 1.91. The number of rotatable bonds is 6. The summed E-state index contributed by atoms with van der Waals surface area (Å²) in [5, 5.41) is 7.12. The zero-order chi connectivity index (χ0) is 9.86. The standard InChI is InChI=1S/C12H24N2/c1-12(6-2-3-7-12)10-13-8-9-14-11-4-5-11/h11,13-14H,2-10H2,1H3. The lowest BCUT2D eigenvalue weighted by Gasteiger charge is -2.23. The first-order valence-corrected chi connectivity index (χ1v) is 6.23. The summed E-state index contributed by atoms with van der Waals surface area (Å²) in [5.74, 6) is 0. The SMILES string of the molecule is CC1(CNCCNC2CC2)CCCC1. The third-order valence-electron chi connectivity index (χ3n) is 3.67. The van der Waals surface area contributed by atoms with Crippen molar-refractivity contribution in [3.05, 3.63) is 0 Å². The van der Waals surface area contributed by atoms with Gasteiger partial charge in [0.05, 0.1) is 0 Å². The Morgan fingerprint density at radius 1 is 1.14 bits per heavy atom. The molecule has 2 aliphatic rings. The first-order valence-electron chi connectivity index (χ1n) is 6.23. The molecule has 0 aliphatic heterocycles. The molecule has 2 N–H and O–H groups in total. The Hall–Kier alpha value is -0.0800. The molecule has 0 saturated heterocycles. The van der Waals surface area contributed by atoms with Crippen molar-refractivity contribution >= 4 is 0 Å². The van der Waals surface area contributed by atoms with Gasteiger partial charge in [-0.25, -0.2) is 0 Å². The minimum absolute atomic E-state index is 0.611. The zero-order valence-corrected chi connectivity index (χ0v) is 9.44. The molecule has 2 nitrogen and oxygen atoms in total. The van der Waals surface area contributed by atoms with E-state index in [4.69, 9.17) is 0 Å². The minimum atomic E-state index is 0.611. The summed E-state index contributed by atoms with van der Waals surface area (Å²) in [6.45, 7) is 5.95. The Bertz CT molecular complexity index is 169. The second-order valence-corrected chi connectivity index (χ2v) is 5.42. The summed E-state index contributed by atoms with van der Waals surface area (Å²) in [6, 6.07) is 0.860. The van der Waals surface area contributed by atoms with Crippen molar-refractivity contribution in [1.29, 1.82) is 0 Å². The molecule has 0 radical (unpaired) electrons. The van der Waals surface area contributed by atoms with Gasteiger partial charge in [0.1, 0.15) is 0 Å². The van der Waals surface area contributed by atoms with Gasteiger partial charge in [0, 0.05) is 25.7 Å². The van der Waals surface area contributed by atoms with Crippen LogP contribution in [0.15, 0.2) is 0 Å². The molecule has 0 aromatic rings. The second kappa shape index (κ2) is 4.63. The molecule has 0 aromatic heterocycles. The molecule has 14 heavy (non-hydrogen) atoms. The van der Waals surface area contributed by atoms with Crippen LogP contribution in [0.2, 0.25) is 0 Å². The fraction of sp³-hybridized carbons (Fsp3) is 1.00. The molecule has 2 saturated carbocycles. The lowest BCUT2D eigenvalue weighted by atomic mass is 9.89. The molecular weight excluding hydrogens is 172 g/mol. The Morgan fingerprint density at radius 2 is 1.86 bits per heavy atom. The topological polar surface area (TPSA) is 24.1 Å². The van der Waals surface area contributed by atoms with Gasteiger partial charge in [-0.05, 0) is 31.1 Å². The Kier molecular flexibility index (Phi) is 3.45. The van der Waals surface area contributed by atoms with E-state index in [9.17, 15) is 0 Å². The predicted molar refractivity (Wildman–Crippen MR) is 60.5 cm³/mol. The van der Waals surface area contributed by atoms with Crippen molar-refractivity contribution in [3.8, 4) is 0 Å². The minimum Gasteiger partial charge on any atom is -0.315 e. The van der Waals surface area contributed by atoms with E-state index >= 15 is 0 Å². The molecule has 82 valence electrons. The molecule has 0 heterocycles. The Balaban J connectivity index is 1.48. The third-order valence-corrected chi connectivity index (χ3v) is 3.67. The maximum atomic E-state index is 3.59. The van der Waals surface area contributed by atoms with Crippen LogP contribution in [-0.2, 0) is 0 Å². The van der Waals surface area contributed by atoms with E-state index in [2.05, 4.69) is 17.6 Å². The van der Waals surface area contributed by atoms with Crippen molar-refractivity contribution in [3.63, 3.8) is 0 Å². The van der Waals surface area contributed by atoms with E-state index in [-0.39, 0.29) is 0 Å². The summed E-state index contributed by atoms with van der Waals surface area (Å²) >= 11 is 0. The molecule has 0 spiro atoms. The molecule has 0 bridgehead atoms. The van der Waals surface area contributed by atoms with Crippen LogP contribution in [0, 0.1) is 5.41 Å². The van der Waals surface area contributed by atoms with Crippen LogP contribution in [0.1, 0.15) is 45.4 Å². The zero-order valence-electron chi connectivity index (χ0n) is 9.44. The van der Waals surface area contributed by atoms with Crippen molar-refractivity contribution in [1.82, 2.24) is 10.6 Å². The van der Waals surface area contributed by atoms with Crippen LogP contribution >= 0.6 is 0 Å².